The molecule has 2 heteroatoms. The Morgan fingerprint density at radius 1 is 1.13 bits per heavy atom. The molecule has 0 saturated heterocycles. The molecule has 1 aliphatic rings. The second kappa shape index (κ2) is 7.72. The molecule has 0 N–H and O–H groups in total. The van der Waals surface area contributed by atoms with Crippen molar-refractivity contribution in [3.05, 3.63) is 0 Å². The fraction of sp³-hybridized carbons (Fsp3) is 0.923. The van der Waals surface area contributed by atoms with Gasteiger partial charge in [0, 0.05) is 6.42 Å². The minimum atomic E-state index is -0.0623. The number of hydrogen-bond donors (Lipinski definition) is 0. The van der Waals surface area contributed by atoms with Crippen LogP contribution in [0.5, 0.6) is 0 Å². The molecule has 0 spiro atoms. The summed E-state index contributed by atoms with van der Waals surface area (Å²) in [6, 6.07) is 0. The van der Waals surface area contributed by atoms with Crippen molar-refractivity contribution in [1.82, 2.24) is 0 Å². The number of ether oxygens (including phenoxy) is 1. The van der Waals surface area contributed by atoms with Gasteiger partial charge >= 0.3 is 5.97 Å². The summed E-state index contributed by atoms with van der Waals surface area (Å²) in [4.78, 5) is 10.9. The zero-order valence-electron chi connectivity index (χ0n) is 9.96. The zero-order valence-corrected chi connectivity index (χ0v) is 9.96. The highest BCUT2D eigenvalue weighted by Crippen LogP contribution is 2.27. The maximum Gasteiger partial charge on any atom is 0.305 e. The van der Waals surface area contributed by atoms with E-state index in [1.807, 2.05) is 0 Å². The molecule has 0 radical (unpaired) electrons. The van der Waals surface area contributed by atoms with Gasteiger partial charge in [-0.3, -0.25) is 4.79 Å². The molecule has 0 atom stereocenters. The lowest BCUT2D eigenvalue weighted by Gasteiger charge is -2.21. The average Bonchev–Trinajstić information content (AvgIpc) is 2.29. The largest absolute Gasteiger partial charge is 0.469 e. The zero-order chi connectivity index (χ0) is 10.9. The van der Waals surface area contributed by atoms with Crippen molar-refractivity contribution in [3.8, 4) is 0 Å². The lowest BCUT2D eigenvalue weighted by molar-refractivity contribution is -0.140. The molecule has 1 fully saturated rings. The Morgan fingerprint density at radius 3 is 2.53 bits per heavy atom. The lowest BCUT2D eigenvalue weighted by Crippen LogP contribution is -2.06. The minimum absolute atomic E-state index is 0.0623. The van der Waals surface area contributed by atoms with E-state index >= 15 is 0 Å². The molecule has 15 heavy (non-hydrogen) atoms. The second-order valence-corrected chi connectivity index (χ2v) is 4.68. The maximum atomic E-state index is 10.9. The third kappa shape index (κ3) is 5.81. The molecule has 0 aromatic heterocycles. The Labute approximate surface area is 93.4 Å². The number of esters is 1. The summed E-state index contributed by atoms with van der Waals surface area (Å²) in [6.07, 6.45) is 12.7. The molecule has 1 rings (SSSR count). The Kier molecular flexibility index (Phi) is 6.45. The molecule has 0 bridgehead atoms. The molecule has 0 heterocycles. The number of carbonyl (C=O) groups excluding carboxylic acids is 1. The number of methoxy groups -OCH3 is 1. The average molecular weight is 212 g/mol. The minimum Gasteiger partial charge on any atom is -0.469 e. The first-order chi connectivity index (χ1) is 7.33. The molecule has 2 nitrogen and oxygen atoms in total. The van der Waals surface area contributed by atoms with Gasteiger partial charge in [0.2, 0.25) is 0 Å². The van der Waals surface area contributed by atoms with Crippen LogP contribution < -0.4 is 0 Å². The van der Waals surface area contributed by atoms with Gasteiger partial charge in [0.05, 0.1) is 7.11 Å². The SMILES string of the molecule is COC(=O)CCCCCC1CCCCC1. The molecule has 1 saturated carbocycles. The Bertz CT molecular complexity index is 171. The van der Waals surface area contributed by atoms with Crippen LogP contribution in [-0.4, -0.2) is 13.1 Å². The van der Waals surface area contributed by atoms with Gasteiger partial charge in [0.1, 0.15) is 0 Å². The van der Waals surface area contributed by atoms with Gasteiger partial charge in [-0.25, -0.2) is 0 Å². The summed E-state index contributed by atoms with van der Waals surface area (Å²) in [6.45, 7) is 0. The van der Waals surface area contributed by atoms with Gasteiger partial charge in [-0.15, -0.1) is 0 Å². The molecule has 0 aromatic carbocycles. The van der Waals surface area contributed by atoms with E-state index < -0.39 is 0 Å². The first kappa shape index (κ1) is 12.5. The quantitative estimate of drug-likeness (QED) is 0.496. The van der Waals surface area contributed by atoms with Crippen LogP contribution in [0.3, 0.4) is 0 Å². The summed E-state index contributed by atoms with van der Waals surface area (Å²) in [5.41, 5.74) is 0. The topological polar surface area (TPSA) is 26.3 Å². The van der Waals surface area contributed by atoms with Gasteiger partial charge in [-0.2, -0.15) is 0 Å². The van der Waals surface area contributed by atoms with Crippen molar-refractivity contribution < 1.29 is 9.53 Å². The van der Waals surface area contributed by atoms with Crippen molar-refractivity contribution in [3.63, 3.8) is 0 Å². The summed E-state index contributed by atoms with van der Waals surface area (Å²) in [5.74, 6) is 0.921. The highest BCUT2D eigenvalue weighted by atomic mass is 16.5. The van der Waals surface area contributed by atoms with Gasteiger partial charge in [0.15, 0.2) is 0 Å². The van der Waals surface area contributed by atoms with E-state index in [0.717, 1.165) is 12.3 Å². The Morgan fingerprint density at radius 2 is 1.87 bits per heavy atom. The Balaban J connectivity index is 1.89. The van der Waals surface area contributed by atoms with E-state index in [-0.39, 0.29) is 5.97 Å². The van der Waals surface area contributed by atoms with E-state index in [9.17, 15) is 4.79 Å². The van der Waals surface area contributed by atoms with Crippen LogP contribution in [0.1, 0.15) is 64.2 Å². The van der Waals surface area contributed by atoms with Crippen LogP contribution in [0.15, 0.2) is 0 Å². The van der Waals surface area contributed by atoms with Gasteiger partial charge in [0.25, 0.3) is 0 Å². The third-order valence-corrected chi connectivity index (χ3v) is 3.45. The molecule has 0 unspecified atom stereocenters. The third-order valence-electron chi connectivity index (χ3n) is 3.45. The van der Waals surface area contributed by atoms with Gasteiger partial charge < -0.3 is 4.74 Å². The summed E-state index contributed by atoms with van der Waals surface area (Å²) in [5, 5.41) is 0. The first-order valence-corrected chi connectivity index (χ1v) is 6.39. The predicted molar refractivity (Wildman–Crippen MR) is 61.7 cm³/mol. The standard InChI is InChI=1S/C13H24O2/c1-15-13(14)11-7-3-6-10-12-8-4-2-5-9-12/h12H,2-11H2,1H3. The van der Waals surface area contributed by atoms with E-state index in [4.69, 9.17) is 0 Å². The molecule has 0 amide bonds. The summed E-state index contributed by atoms with van der Waals surface area (Å²) >= 11 is 0. The number of hydrogen-bond acceptors (Lipinski definition) is 2. The fourth-order valence-electron chi connectivity index (χ4n) is 2.46. The van der Waals surface area contributed by atoms with E-state index in [2.05, 4.69) is 4.74 Å². The molecule has 0 aromatic rings. The van der Waals surface area contributed by atoms with Crippen molar-refractivity contribution in [2.75, 3.05) is 7.11 Å². The smallest absolute Gasteiger partial charge is 0.305 e. The van der Waals surface area contributed by atoms with Crippen LogP contribution >= 0.6 is 0 Å². The highest BCUT2D eigenvalue weighted by Gasteiger charge is 2.12. The summed E-state index contributed by atoms with van der Waals surface area (Å²) < 4.78 is 4.61. The van der Waals surface area contributed by atoms with Crippen LogP contribution in [0, 0.1) is 5.92 Å². The molecule has 88 valence electrons. The highest BCUT2D eigenvalue weighted by molar-refractivity contribution is 5.68. The van der Waals surface area contributed by atoms with Gasteiger partial charge in [-0.1, -0.05) is 51.4 Å². The van der Waals surface area contributed by atoms with Crippen LogP contribution in [0.4, 0.5) is 0 Å². The van der Waals surface area contributed by atoms with Crippen molar-refractivity contribution in [2.24, 2.45) is 5.92 Å². The van der Waals surface area contributed by atoms with Crippen LogP contribution in [0.2, 0.25) is 0 Å². The summed E-state index contributed by atoms with van der Waals surface area (Å²) in [7, 11) is 1.46. The van der Waals surface area contributed by atoms with E-state index in [0.29, 0.717) is 6.42 Å². The lowest BCUT2D eigenvalue weighted by atomic mass is 9.85. The van der Waals surface area contributed by atoms with Crippen molar-refractivity contribution in [2.45, 2.75) is 64.2 Å². The second-order valence-electron chi connectivity index (χ2n) is 4.68. The Hall–Kier alpha value is -0.530. The predicted octanol–water partition coefficient (Wildman–Crippen LogP) is 3.69. The number of carbonyl (C=O) groups is 1. The molecule has 0 aliphatic heterocycles. The number of rotatable bonds is 6. The monoisotopic (exact) mass is 212 g/mol. The number of unbranched alkanes of at least 4 members (excludes halogenated alkanes) is 2. The van der Waals surface area contributed by atoms with Gasteiger partial charge in [-0.05, 0) is 12.3 Å². The molecular formula is C13H24O2. The van der Waals surface area contributed by atoms with Crippen molar-refractivity contribution in [1.29, 1.82) is 0 Å². The fourth-order valence-corrected chi connectivity index (χ4v) is 2.46. The van der Waals surface area contributed by atoms with E-state index in [1.165, 1.54) is 58.5 Å². The normalized spacial score (nSPS) is 17.7. The maximum absolute atomic E-state index is 10.9. The van der Waals surface area contributed by atoms with Crippen LogP contribution in [0.25, 0.3) is 0 Å². The molecule has 1 aliphatic carbocycles. The van der Waals surface area contributed by atoms with E-state index in [1.54, 1.807) is 0 Å². The first-order valence-electron chi connectivity index (χ1n) is 6.39. The molecular weight excluding hydrogens is 188 g/mol. The van der Waals surface area contributed by atoms with Crippen molar-refractivity contribution >= 4 is 5.97 Å². The van der Waals surface area contributed by atoms with Crippen LogP contribution in [-0.2, 0) is 9.53 Å².